The Labute approximate surface area is 134 Å². The van der Waals surface area contributed by atoms with Crippen molar-refractivity contribution in [1.29, 1.82) is 0 Å². The monoisotopic (exact) mass is 315 g/mol. The molecule has 1 N–H and O–H groups in total. The molecule has 1 aliphatic heterocycles. The van der Waals surface area contributed by atoms with Crippen LogP contribution in [0.4, 0.5) is 0 Å². The van der Waals surface area contributed by atoms with E-state index in [1.807, 2.05) is 20.8 Å². The largest absolute Gasteiger partial charge is 0.332 e. The molecule has 3 rings (SSSR count). The summed E-state index contributed by atoms with van der Waals surface area (Å²) < 4.78 is 1.48. The van der Waals surface area contributed by atoms with Gasteiger partial charge in [0.1, 0.15) is 0 Å². The standard InChI is InChI=1S/C16H21N5O2/c1-9(2)14-13(10(3)18-19-14)16(23)21-6-5-11-12(7-21)17-8-20(4)15(11)22/h8-9H,5-7H2,1-4H3,(H,18,19). The van der Waals surface area contributed by atoms with Crippen molar-refractivity contribution in [2.75, 3.05) is 6.54 Å². The summed E-state index contributed by atoms with van der Waals surface area (Å²) in [6, 6.07) is 0. The molecule has 2 aromatic rings. The first-order valence-corrected chi connectivity index (χ1v) is 7.77. The minimum absolute atomic E-state index is 0.0236. The van der Waals surface area contributed by atoms with E-state index in [2.05, 4.69) is 15.2 Å². The summed E-state index contributed by atoms with van der Waals surface area (Å²) in [4.78, 5) is 31.1. The van der Waals surface area contributed by atoms with Crippen LogP contribution in [0.2, 0.25) is 0 Å². The molecule has 7 heteroatoms. The molecule has 0 unspecified atom stereocenters. The molecule has 0 fully saturated rings. The molecule has 122 valence electrons. The van der Waals surface area contributed by atoms with Crippen molar-refractivity contribution in [1.82, 2.24) is 24.6 Å². The van der Waals surface area contributed by atoms with Crippen LogP contribution < -0.4 is 5.56 Å². The minimum atomic E-state index is -0.0481. The van der Waals surface area contributed by atoms with Crippen LogP contribution in [0.1, 0.15) is 52.8 Å². The maximum Gasteiger partial charge on any atom is 0.257 e. The highest BCUT2D eigenvalue weighted by Gasteiger charge is 2.29. The number of carbonyl (C=O) groups is 1. The van der Waals surface area contributed by atoms with Crippen LogP contribution >= 0.6 is 0 Å². The quantitative estimate of drug-likeness (QED) is 0.900. The Morgan fingerprint density at radius 1 is 1.39 bits per heavy atom. The van der Waals surface area contributed by atoms with Gasteiger partial charge in [-0.15, -0.1) is 0 Å². The molecule has 7 nitrogen and oxygen atoms in total. The van der Waals surface area contributed by atoms with Gasteiger partial charge < -0.3 is 9.47 Å². The second kappa shape index (κ2) is 5.64. The van der Waals surface area contributed by atoms with E-state index in [0.717, 1.165) is 11.4 Å². The normalized spacial score (nSPS) is 14.2. The van der Waals surface area contributed by atoms with Gasteiger partial charge in [-0.1, -0.05) is 13.8 Å². The van der Waals surface area contributed by atoms with Gasteiger partial charge in [-0.3, -0.25) is 14.7 Å². The highest BCUT2D eigenvalue weighted by atomic mass is 16.2. The summed E-state index contributed by atoms with van der Waals surface area (Å²) in [5, 5.41) is 7.17. The zero-order valence-electron chi connectivity index (χ0n) is 13.9. The number of aromatic nitrogens is 4. The number of rotatable bonds is 2. The van der Waals surface area contributed by atoms with Crippen molar-refractivity contribution < 1.29 is 4.79 Å². The number of aromatic amines is 1. The summed E-state index contributed by atoms with van der Waals surface area (Å²) in [5.74, 6) is 0.120. The molecule has 3 heterocycles. The van der Waals surface area contributed by atoms with Gasteiger partial charge in [-0.2, -0.15) is 5.10 Å². The van der Waals surface area contributed by atoms with E-state index in [-0.39, 0.29) is 17.4 Å². The van der Waals surface area contributed by atoms with Crippen molar-refractivity contribution in [3.05, 3.63) is 44.9 Å². The van der Waals surface area contributed by atoms with E-state index in [9.17, 15) is 9.59 Å². The van der Waals surface area contributed by atoms with Crippen molar-refractivity contribution in [3.8, 4) is 0 Å². The summed E-state index contributed by atoms with van der Waals surface area (Å²) >= 11 is 0. The molecule has 1 amide bonds. The number of aryl methyl sites for hydroxylation is 2. The van der Waals surface area contributed by atoms with Crippen molar-refractivity contribution in [2.24, 2.45) is 7.05 Å². The Morgan fingerprint density at radius 3 is 2.83 bits per heavy atom. The molecule has 0 bridgehead atoms. The van der Waals surface area contributed by atoms with E-state index in [4.69, 9.17) is 0 Å². The van der Waals surface area contributed by atoms with Crippen LogP contribution in [0.3, 0.4) is 0 Å². The molecule has 0 radical (unpaired) electrons. The Morgan fingerprint density at radius 2 is 2.13 bits per heavy atom. The number of hydrogen-bond acceptors (Lipinski definition) is 4. The Kier molecular flexibility index (Phi) is 3.79. The average Bonchev–Trinajstić information content (AvgIpc) is 2.92. The van der Waals surface area contributed by atoms with Crippen LogP contribution in [0.5, 0.6) is 0 Å². The van der Waals surface area contributed by atoms with Gasteiger partial charge in [0.15, 0.2) is 0 Å². The third-order valence-electron chi connectivity index (χ3n) is 4.31. The molecule has 0 atom stereocenters. The van der Waals surface area contributed by atoms with E-state index in [1.54, 1.807) is 11.9 Å². The molecule has 23 heavy (non-hydrogen) atoms. The predicted molar refractivity (Wildman–Crippen MR) is 85.3 cm³/mol. The zero-order chi connectivity index (χ0) is 16.7. The van der Waals surface area contributed by atoms with Crippen molar-refractivity contribution in [2.45, 2.75) is 39.7 Å². The minimum Gasteiger partial charge on any atom is -0.332 e. The number of amides is 1. The molecule has 2 aromatic heterocycles. The number of H-pyrrole nitrogens is 1. The fourth-order valence-corrected chi connectivity index (χ4v) is 2.98. The van der Waals surface area contributed by atoms with Crippen LogP contribution in [0.15, 0.2) is 11.1 Å². The summed E-state index contributed by atoms with van der Waals surface area (Å²) in [7, 11) is 1.69. The number of nitrogens with zero attached hydrogens (tertiary/aromatic N) is 4. The third-order valence-corrected chi connectivity index (χ3v) is 4.31. The second-order valence-corrected chi connectivity index (χ2v) is 6.33. The van der Waals surface area contributed by atoms with Crippen LogP contribution in [-0.2, 0) is 20.0 Å². The lowest BCUT2D eigenvalue weighted by molar-refractivity contribution is 0.0729. The number of carbonyl (C=O) groups excluding carboxylic acids is 1. The maximum absolute atomic E-state index is 12.9. The van der Waals surface area contributed by atoms with Gasteiger partial charge in [0.25, 0.3) is 11.5 Å². The molecule has 0 aromatic carbocycles. The lowest BCUT2D eigenvalue weighted by atomic mass is 10.0. The molecule has 0 aliphatic carbocycles. The fraction of sp³-hybridized carbons (Fsp3) is 0.500. The van der Waals surface area contributed by atoms with Crippen molar-refractivity contribution >= 4 is 5.91 Å². The van der Waals surface area contributed by atoms with E-state index >= 15 is 0 Å². The number of nitrogens with one attached hydrogen (secondary N) is 1. The molecule has 1 aliphatic rings. The predicted octanol–water partition coefficient (Wildman–Crippen LogP) is 1.13. The first-order chi connectivity index (χ1) is 10.9. The topological polar surface area (TPSA) is 83.9 Å². The average molecular weight is 315 g/mol. The van der Waals surface area contributed by atoms with Crippen molar-refractivity contribution in [3.63, 3.8) is 0 Å². The highest BCUT2D eigenvalue weighted by molar-refractivity contribution is 5.96. The SMILES string of the molecule is Cc1[nH]nc(C(C)C)c1C(=O)N1CCc2c(ncn(C)c2=O)C1. The smallest absolute Gasteiger partial charge is 0.257 e. The fourth-order valence-electron chi connectivity index (χ4n) is 2.98. The van der Waals surface area contributed by atoms with E-state index in [1.165, 1.54) is 10.9 Å². The zero-order valence-corrected chi connectivity index (χ0v) is 13.9. The van der Waals surface area contributed by atoms with Gasteiger partial charge in [0.05, 0.1) is 29.8 Å². The maximum atomic E-state index is 12.9. The first kappa shape index (κ1) is 15.5. The van der Waals surface area contributed by atoms with E-state index < -0.39 is 0 Å². The molecular formula is C16H21N5O2. The number of fused-ring (bicyclic) bond motifs is 1. The van der Waals surface area contributed by atoms with Gasteiger partial charge in [0.2, 0.25) is 0 Å². The van der Waals surface area contributed by atoms with Gasteiger partial charge in [-0.05, 0) is 19.3 Å². The lowest BCUT2D eigenvalue weighted by Crippen LogP contribution is -2.40. The first-order valence-electron chi connectivity index (χ1n) is 7.77. The molecular weight excluding hydrogens is 294 g/mol. The molecule has 0 saturated carbocycles. The summed E-state index contributed by atoms with van der Waals surface area (Å²) in [5.41, 5.74) is 3.60. The van der Waals surface area contributed by atoms with Gasteiger partial charge >= 0.3 is 0 Å². The van der Waals surface area contributed by atoms with Gasteiger partial charge in [0, 0.05) is 24.8 Å². The Hall–Kier alpha value is -2.44. The van der Waals surface area contributed by atoms with Crippen LogP contribution in [0.25, 0.3) is 0 Å². The van der Waals surface area contributed by atoms with Crippen LogP contribution in [-0.4, -0.2) is 37.1 Å². The second-order valence-electron chi connectivity index (χ2n) is 6.33. The Balaban J connectivity index is 1.93. The molecule has 0 saturated heterocycles. The van der Waals surface area contributed by atoms with Gasteiger partial charge in [-0.25, -0.2) is 4.98 Å². The highest BCUT2D eigenvalue weighted by Crippen LogP contribution is 2.23. The Bertz CT molecular complexity index is 818. The third kappa shape index (κ3) is 2.56. The molecule has 0 spiro atoms. The summed E-state index contributed by atoms with van der Waals surface area (Å²) in [6.07, 6.45) is 2.05. The van der Waals surface area contributed by atoms with Crippen LogP contribution in [0, 0.1) is 6.92 Å². The van der Waals surface area contributed by atoms with E-state index in [0.29, 0.717) is 36.3 Å². The number of hydrogen-bond donors (Lipinski definition) is 1. The lowest BCUT2D eigenvalue weighted by Gasteiger charge is -2.28. The summed E-state index contributed by atoms with van der Waals surface area (Å²) in [6.45, 7) is 6.78.